The molecular weight excluding hydrogens is 346 g/mol. The number of hydrogen-bond acceptors (Lipinski definition) is 4. The Hall–Kier alpha value is -2.81. The van der Waals surface area contributed by atoms with Gasteiger partial charge in [-0.1, -0.05) is 12.1 Å². The second kappa shape index (κ2) is 9.62. The van der Waals surface area contributed by atoms with Gasteiger partial charge in [-0.2, -0.15) is 5.10 Å². The number of amides is 1. The highest BCUT2D eigenvalue weighted by Crippen LogP contribution is 2.19. The van der Waals surface area contributed by atoms with Crippen LogP contribution in [0.25, 0.3) is 0 Å². The van der Waals surface area contributed by atoms with Crippen molar-refractivity contribution in [1.29, 1.82) is 0 Å². The van der Waals surface area contributed by atoms with Gasteiger partial charge in [-0.15, -0.1) is 0 Å². The summed E-state index contributed by atoms with van der Waals surface area (Å²) in [4.78, 5) is 22.8. The van der Waals surface area contributed by atoms with Crippen LogP contribution in [0.15, 0.2) is 30.3 Å². The number of anilines is 1. The van der Waals surface area contributed by atoms with E-state index >= 15 is 0 Å². The zero-order valence-corrected chi connectivity index (χ0v) is 14.0. The summed E-state index contributed by atoms with van der Waals surface area (Å²) in [6, 6.07) is 8.62. The lowest BCUT2D eigenvalue weighted by Crippen LogP contribution is -2.18. The van der Waals surface area contributed by atoms with E-state index in [1.807, 2.05) is 18.2 Å². The second-order valence-electron chi connectivity index (χ2n) is 5.75. The average Bonchev–Trinajstić information content (AvgIpc) is 3.27. The maximum atomic E-state index is 12.5. The summed E-state index contributed by atoms with van der Waals surface area (Å²) in [7, 11) is 0. The van der Waals surface area contributed by atoms with Gasteiger partial charge in [-0.25, -0.2) is 8.78 Å². The molecule has 0 bridgehead atoms. The van der Waals surface area contributed by atoms with Gasteiger partial charge in [0, 0.05) is 12.2 Å². The topological polar surface area (TPSA) is 98.3 Å². The van der Waals surface area contributed by atoms with E-state index in [4.69, 9.17) is 9.90 Å². The number of carboxylic acid groups (broad SMARTS) is 1. The van der Waals surface area contributed by atoms with E-state index in [1.54, 1.807) is 6.07 Å². The Morgan fingerprint density at radius 2 is 2.04 bits per heavy atom. The van der Waals surface area contributed by atoms with Gasteiger partial charge in [0.2, 0.25) is 0 Å². The number of carbonyl (C=O) groups is 2. The quantitative estimate of drug-likeness (QED) is 0.707. The maximum absolute atomic E-state index is 12.5. The van der Waals surface area contributed by atoms with Gasteiger partial charge in [-0.3, -0.25) is 19.6 Å². The van der Waals surface area contributed by atoms with Crippen LogP contribution in [0.4, 0.5) is 14.5 Å². The lowest BCUT2D eigenvalue weighted by molar-refractivity contribution is -0.122. The molecule has 2 heterocycles. The van der Waals surface area contributed by atoms with E-state index in [2.05, 4.69) is 20.4 Å². The molecule has 7 nitrogen and oxygen atoms in total. The Morgan fingerprint density at radius 1 is 1.35 bits per heavy atom. The minimum Gasteiger partial charge on any atom is -0.483 e. The smallest absolute Gasteiger partial charge is 0.290 e. The van der Waals surface area contributed by atoms with Crippen LogP contribution in [0.3, 0.4) is 0 Å². The summed E-state index contributed by atoms with van der Waals surface area (Å²) >= 11 is 0. The van der Waals surface area contributed by atoms with Crippen LogP contribution in [0.5, 0.6) is 0 Å². The highest BCUT2D eigenvalue weighted by atomic mass is 19.3. The van der Waals surface area contributed by atoms with E-state index in [-0.39, 0.29) is 17.9 Å². The molecule has 140 valence electrons. The first-order valence-electron chi connectivity index (χ1n) is 8.07. The number of carbonyl (C=O) groups excluding carboxylic acids is 1. The Balaban J connectivity index is 0.000000758. The van der Waals surface area contributed by atoms with Crippen LogP contribution in [-0.2, 0) is 11.3 Å². The molecular formula is C17H20F2N4O3. The number of hydrogen-bond donors (Lipinski definition) is 3. The van der Waals surface area contributed by atoms with Crippen LogP contribution in [-0.4, -0.2) is 45.7 Å². The van der Waals surface area contributed by atoms with Gasteiger partial charge < -0.3 is 10.4 Å². The van der Waals surface area contributed by atoms with Crippen LogP contribution in [0, 0.1) is 0 Å². The summed E-state index contributed by atoms with van der Waals surface area (Å²) in [5.74, 6) is -0.508. The molecule has 0 unspecified atom stereocenters. The van der Waals surface area contributed by atoms with Crippen molar-refractivity contribution in [3.05, 3.63) is 47.3 Å². The third kappa shape index (κ3) is 5.62. The molecule has 0 spiro atoms. The molecule has 3 N–H and O–H groups in total. The molecule has 0 atom stereocenters. The average molecular weight is 366 g/mol. The van der Waals surface area contributed by atoms with Crippen LogP contribution in [0.2, 0.25) is 0 Å². The lowest BCUT2D eigenvalue weighted by Gasteiger charge is -2.15. The molecule has 1 aliphatic rings. The van der Waals surface area contributed by atoms with Crippen molar-refractivity contribution in [2.24, 2.45) is 0 Å². The van der Waals surface area contributed by atoms with E-state index in [0.29, 0.717) is 5.69 Å². The number of benzene rings is 1. The number of likely N-dealkylation sites (tertiary alicyclic amines) is 1. The molecule has 26 heavy (non-hydrogen) atoms. The Labute approximate surface area is 149 Å². The van der Waals surface area contributed by atoms with Crippen LogP contribution in [0.1, 0.15) is 41.0 Å². The van der Waals surface area contributed by atoms with Crippen LogP contribution >= 0.6 is 0 Å². The number of halogens is 2. The van der Waals surface area contributed by atoms with E-state index in [0.717, 1.165) is 31.3 Å². The summed E-state index contributed by atoms with van der Waals surface area (Å²) < 4.78 is 25.0. The Morgan fingerprint density at radius 3 is 2.65 bits per heavy atom. The normalized spacial score (nSPS) is 14.0. The first-order chi connectivity index (χ1) is 12.5. The number of nitrogens with one attached hydrogen (secondary N) is 2. The second-order valence-corrected chi connectivity index (χ2v) is 5.75. The van der Waals surface area contributed by atoms with Crippen molar-refractivity contribution in [3.63, 3.8) is 0 Å². The monoisotopic (exact) mass is 366 g/mol. The molecule has 0 radical (unpaired) electrons. The Kier molecular flexibility index (Phi) is 7.22. The third-order valence-electron chi connectivity index (χ3n) is 3.86. The van der Waals surface area contributed by atoms with Gasteiger partial charge in [-0.05, 0) is 49.7 Å². The fraction of sp³-hybridized carbons (Fsp3) is 0.353. The first kappa shape index (κ1) is 19.5. The highest BCUT2D eigenvalue weighted by Gasteiger charge is 2.16. The van der Waals surface area contributed by atoms with Crippen molar-refractivity contribution in [3.8, 4) is 0 Å². The van der Waals surface area contributed by atoms with Gasteiger partial charge in [0.25, 0.3) is 18.8 Å². The summed E-state index contributed by atoms with van der Waals surface area (Å²) in [6.07, 6.45) is -0.225. The zero-order chi connectivity index (χ0) is 18.9. The minimum atomic E-state index is -2.67. The third-order valence-corrected chi connectivity index (χ3v) is 3.86. The molecule has 3 rings (SSSR count). The van der Waals surface area contributed by atoms with Crippen molar-refractivity contribution >= 4 is 18.1 Å². The fourth-order valence-electron chi connectivity index (χ4n) is 2.71. The number of H-pyrrole nitrogens is 1. The van der Waals surface area contributed by atoms with Gasteiger partial charge in [0.15, 0.2) is 5.69 Å². The molecule has 1 fully saturated rings. The predicted octanol–water partition coefficient (Wildman–Crippen LogP) is 2.90. The molecule has 2 aromatic rings. The molecule has 1 saturated heterocycles. The highest BCUT2D eigenvalue weighted by molar-refractivity contribution is 6.02. The predicted molar refractivity (Wildman–Crippen MR) is 91.1 cm³/mol. The van der Waals surface area contributed by atoms with Crippen molar-refractivity contribution in [2.75, 3.05) is 18.4 Å². The SMILES string of the molecule is O=C(Nc1cccc(CN2CCCC2)c1)c1cc(C(F)F)[nH]n1.O=CO. The van der Waals surface area contributed by atoms with Gasteiger partial charge in [0.1, 0.15) is 5.69 Å². The summed E-state index contributed by atoms with van der Waals surface area (Å²) in [5, 5.41) is 15.4. The van der Waals surface area contributed by atoms with Crippen molar-refractivity contribution in [1.82, 2.24) is 15.1 Å². The summed E-state index contributed by atoms with van der Waals surface area (Å²) in [5.41, 5.74) is 1.33. The van der Waals surface area contributed by atoms with Crippen molar-refractivity contribution in [2.45, 2.75) is 25.8 Å². The largest absolute Gasteiger partial charge is 0.483 e. The first-order valence-corrected chi connectivity index (χ1v) is 8.07. The standard InChI is InChI=1S/C16H18F2N4O.CH2O2/c17-15(18)13-9-14(21-20-13)16(23)19-12-5-3-4-11(8-12)10-22-6-1-2-7-22;2-1-3/h3-5,8-9,15H,1-2,6-7,10H2,(H,19,23)(H,20,21);1H,(H,2,3). The van der Waals surface area contributed by atoms with E-state index in [1.165, 1.54) is 12.8 Å². The number of aromatic amines is 1. The fourth-order valence-corrected chi connectivity index (χ4v) is 2.71. The number of nitrogens with zero attached hydrogens (tertiary/aromatic N) is 2. The molecule has 1 aromatic carbocycles. The van der Waals surface area contributed by atoms with Gasteiger partial charge in [0.05, 0.1) is 0 Å². The molecule has 9 heteroatoms. The number of rotatable bonds is 5. The number of aromatic nitrogens is 2. The van der Waals surface area contributed by atoms with Gasteiger partial charge >= 0.3 is 0 Å². The van der Waals surface area contributed by atoms with Crippen LogP contribution < -0.4 is 5.32 Å². The molecule has 0 saturated carbocycles. The zero-order valence-electron chi connectivity index (χ0n) is 14.0. The minimum absolute atomic E-state index is 0.0507. The molecule has 1 amide bonds. The molecule has 0 aliphatic carbocycles. The Bertz CT molecular complexity index is 730. The molecule has 1 aromatic heterocycles. The van der Waals surface area contributed by atoms with E-state index < -0.39 is 12.3 Å². The van der Waals surface area contributed by atoms with E-state index in [9.17, 15) is 13.6 Å². The lowest BCUT2D eigenvalue weighted by atomic mass is 10.2. The molecule has 1 aliphatic heterocycles. The maximum Gasteiger partial charge on any atom is 0.290 e. The summed E-state index contributed by atoms with van der Waals surface area (Å²) in [6.45, 7) is 2.79. The van der Waals surface area contributed by atoms with Crippen molar-refractivity contribution < 1.29 is 23.5 Å². The number of alkyl halides is 2.